The van der Waals surface area contributed by atoms with Gasteiger partial charge in [0.25, 0.3) is 5.91 Å². The largest absolute Gasteiger partial charge is 0.416 e. The molecule has 152 valence electrons. The standard InChI is InChI=1S/C21H16F3N5O/c1-13-5-7-14(8-6-13)17-9-10-18-26-27-19(29(18)28-17)12-25-20(30)15-3-2-4-16(11-15)21(22,23)24/h2-11H,12H2,1H3,(H,25,30). The Bertz CT molecular complexity index is 1220. The Kier molecular flexibility index (Phi) is 4.94. The van der Waals surface area contributed by atoms with Gasteiger partial charge in [0.2, 0.25) is 0 Å². The van der Waals surface area contributed by atoms with Crippen LogP contribution in [0.1, 0.15) is 27.3 Å². The molecule has 2 aromatic heterocycles. The highest BCUT2D eigenvalue weighted by atomic mass is 19.4. The monoisotopic (exact) mass is 411 g/mol. The Balaban J connectivity index is 1.55. The van der Waals surface area contributed by atoms with Crippen LogP contribution in [0.3, 0.4) is 0 Å². The second kappa shape index (κ2) is 7.58. The summed E-state index contributed by atoms with van der Waals surface area (Å²) in [5, 5.41) is 15.1. The molecule has 1 amide bonds. The van der Waals surface area contributed by atoms with Crippen molar-refractivity contribution in [3.63, 3.8) is 0 Å². The van der Waals surface area contributed by atoms with E-state index in [-0.39, 0.29) is 12.1 Å². The minimum atomic E-state index is -4.52. The summed E-state index contributed by atoms with van der Waals surface area (Å²) in [5.41, 5.74) is 2.26. The summed E-state index contributed by atoms with van der Waals surface area (Å²) < 4.78 is 40.1. The van der Waals surface area contributed by atoms with Crippen molar-refractivity contribution < 1.29 is 18.0 Å². The summed E-state index contributed by atoms with van der Waals surface area (Å²) in [6.07, 6.45) is -4.52. The molecule has 0 unspecified atom stereocenters. The van der Waals surface area contributed by atoms with Gasteiger partial charge in [-0.1, -0.05) is 35.9 Å². The van der Waals surface area contributed by atoms with Gasteiger partial charge in [0.05, 0.1) is 17.8 Å². The van der Waals surface area contributed by atoms with Crippen LogP contribution in [0, 0.1) is 6.92 Å². The van der Waals surface area contributed by atoms with E-state index in [1.807, 2.05) is 37.3 Å². The predicted octanol–water partition coefficient (Wildman–Crippen LogP) is 4.05. The zero-order chi connectivity index (χ0) is 21.3. The van der Waals surface area contributed by atoms with Crippen LogP contribution in [0.25, 0.3) is 16.9 Å². The number of nitrogens with zero attached hydrogens (tertiary/aromatic N) is 4. The predicted molar refractivity (Wildman–Crippen MR) is 104 cm³/mol. The van der Waals surface area contributed by atoms with E-state index < -0.39 is 17.6 Å². The third-order valence-electron chi connectivity index (χ3n) is 4.53. The van der Waals surface area contributed by atoms with Crippen molar-refractivity contribution >= 4 is 11.6 Å². The molecule has 0 spiro atoms. The Labute approximate surface area is 169 Å². The lowest BCUT2D eigenvalue weighted by Crippen LogP contribution is -2.24. The lowest BCUT2D eigenvalue weighted by Gasteiger charge is -2.09. The van der Waals surface area contributed by atoms with Gasteiger partial charge in [-0.25, -0.2) is 0 Å². The van der Waals surface area contributed by atoms with E-state index in [1.54, 1.807) is 6.07 Å². The van der Waals surface area contributed by atoms with E-state index in [4.69, 9.17) is 0 Å². The first-order chi connectivity index (χ1) is 14.3. The number of hydrogen-bond donors (Lipinski definition) is 1. The maximum absolute atomic E-state index is 12.9. The van der Waals surface area contributed by atoms with E-state index in [9.17, 15) is 18.0 Å². The Hall–Kier alpha value is -3.75. The normalized spacial score (nSPS) is 11.6. The second-order valence-electron chi connectivity index (χ2n) is 6.73. The van der Waals surface area contributed by atoms with Gasteiger partial charge in [0, 0.05) is 11.1 Å². The molecule has 6 nitrogen and oxygen atoms in total. The fourth-order valence-corrected chi connectivity index (χ4v) is 2.92. The number of carbonyl (C=O) groups is 1. The number of hydrogen-bond acceptors (Lipinski definition) is 4. The van der Waals surface area contributed by atoms with Gasteiger partial charge in [-0.05, 0) is 37.3 Å². The van der Waals surface area contributed by atoms with Crippen molar-refractivity contribution in [2.75, 3.05) is 0 Å². The molecule has 4 rings (SSSR count). The van der Waals surface area contributed by atoms with Gasteiger partial charge in [-0.3, -0.25) is 4.79 Å². The van der Waals surface area contributed by atoms with Crippen molar-refractivity contribution in [1.82, 2.24) is 25.1 Å². The molecule has 9 heteroatoms. The fraction of sp³-hybridized carbons (Fsp3) is 0.143. The minimum absolute atomic E-state index is 0.0411. The molecule has 30 heavy (non-hydrogen) atoms. The first-order valence-electron chi connectivity index (χ1n) is 9.05. The highest BCUT2D eigenvalue weighted by Crippen LogP contribution is 2.29. The number of benzene rings is 2. The minimum Gasteiger partial charge on any atom is -0.345 e. The Morgan fingerprint density at radius 1 is 1.03 bits per heavy atom. The number of nitrogens with one attached hydrogen (secondary N) is 1. The van der Waals surface area contributed by atoms with E-state index in [0.717, 1.165) is 23.3 Å². The molecule has 0 aliphatic carbocycles. The summed E-state index contributed by atoms with van der Waals surface area (Å²) >= 11 is 0. The van der Waals surface area contributed by atoms with Crippen molar-refractivity contribution in [1.29, 1.82) is 0 Å². The number of carbonyl (C=O) groups excluding carboxylic acids is 1. The number of aryl methyl sites for hydroxylation is 1. The average molecular weight is 411 g/mol. The number of amides is 1. The molecule has 0 bridgehead atoms. The first-order valence-corrected chi connectivity index (χ1v) is 9.05. The quantitative estimate of drug-likeness (QED) is 0.550. The van der Waals surface area contributed by atoms with Gasteiger partial charge in [0.1, 0.15) is 0 Å². The zero-order valence-electron chi connectivity index (χ0n) is 15.8. The smallest absolute Gasteiger partial charge is 0.345 e. The zero-order valence-corrected chi connectivity index (χ0v) is 15.8. The molecule has 0 atom stereocenters. The lowest BCUT2D eigenvalue weighted by molar-refractivity contribution is -0.137. The SMILES string of the molecule is Cc1ccc(-c2ccc3nnc(CNC(=O)c4cccc(C(F)(F)F)c4)n3n2)cc1. The molecule has 0 radical (unpaired) electrons. The topological polar surface area (TPSA) is 72.2 Å². The van der Waals surface area contributed by atoms with Gasteiger partial charge >= 0.3 is 6.18 Å². The van der Waals surface area contributed by atoms with Crippen LogP contribution >= 0.6 is 0 Å². The first kappa shape index (κ1) is 19.6. The van der Waals surface area contributed by atoms with Gasteiger partial charge in [-0.15, -0.1) is 10.2 Å². The van der Waals surface area contributed by atoms with Crippen LogP contribution in [-0.4, -0.2) is 25.7 Å². The van der Waals surface area contributed by atoms with Gasteiger partial charge in [-0.2, -0.15) is 22.8 Å². The lowest BCUT2D eigenvalue weighted by atomic mass is 10.1. The average Bonchev–Trinajstić information content (AvgIpc) is 3.14. The van der Waals surface area contributed by atoms with Crippen molar-refractivity contribution in [2.24, 2.45) is 0 Å². The highest BCUT2D eigenvalue weighted by Gasteiger charge is 2.30. The van der Waals surface area contributed by atoms with Crippen LogP contribution in [0.4, 0.5) is 13.2 Å². The molecular formula is C21H16F3N5O. The maximum Gasteiger partial charge on any atom is 0.416 e. The molecule has 0 aliphatic heterocycles. The molecule has 0 saturated carbocycles. The summed E-state index contributed by atoms with van der Waals surface area (Å²) in [6, 6.07) is 15.7. The molecule has 2 aromatic carbocycles. The second-order valence-corrected chi connectivity index (χ2v) is 6.73. The Morgan fingerprint density at radius 2 is 1.80 bits per heavy atom. The molecule has 4 aromatic rings. The van der Waals surface area contributed by atoms with Crippen molar-refractivity contribution in [3.8, 4) is 11.3 Å². The summed E-state index contributed by atoms with van der Waals surface area (Å²) in [7, 11) is 0. The summed E-state index contributed by atoms with van der Waals surface area (Å²) in [5.74, 6) is -0.285. The molecule has 0 fully saturated rings. The molecule has 0 aliphatic rings. The van der Waals surface area contributed by atoms with Crippen LogP contribution < -0.4 is 5.32 Å². The number of halogens is 3. The van der Waals surface area contributed by atoms with Crippen molar-refractivity contribution in [2.45, 2.75) is 19.6 Å². The van der Waals surface area contributed by atoms with Crippen LogP contribution in [-0.2, 0) is 12.7 Å². The summed E-state index contributed by atoms with van der Waals surface area (Å²) in [6.45, 7) is 1.95. The van der Waals surface area contributed by atoms with E-state index in [1.165, 1.54) is 16.6 Å². The van der Waals surface area contributed by atoms with Crippen LogP contribution in [0.15, 0.2) is 60.7 Å². The number of rotatable bonds is 4. The van der Waals surface area contributed by atoms with Crippen LogP contribution in [0.2, 0.25) is 0 Å². The maximum atomic E-state index is 12.9. The number of aromatic nitrogens is 4. The van der Waals surface area contributed by atoms with E-state index in [0.29, 0.717) is 17.2 Å². The number of fused-ring (bicyclic) bond motifs is 1. The van der Waals surface area contributed by atoms with E-state index in [2.05, 4.69) is 20.6 Å². The third-order valence-corrected chi connectivity index (χ3v) is 4.53. The van der Waals surface area contributed by atoms with Gasteiger partial charge < -0.3 is 5.32 Å². The molecular weight excluding hydrogens is 395 g/mol. The molecule has 1 N–H and O–H groups in total. The fourth-order valence-electron chi connectivity index (χ4n) is 2.92. The Morgan fingerprint density at radius 3 is 2.53 bits per heavy atom. The molecule has 0 saturated heterocycles. The summed E-state index contributed by atoms with van der Waals surface area (Å²) in [4.78, 5) is 12.3. The van der Waals surface area contributed by atoms with E-state index >= 15 is 0 Å². The van der Waals surface area contributed by atoms with Crippen molar-refractivity contribution in [3.05, 3.63) is 83.2 Å². The van der Waals surface area contributed by atoms with Gasteiger partial charge in [0.15, 0.2) is 11.5 Å². The van der Waals surface area contributed by atoms with Crippen LogP contribution in [0.5, 0.6) is 0 Å². The number of alkyl halides is 3. The highest BCUT2D eigenvalue weighted by molar-refractivity contribution is 5.94. The molecule has 2 heterocycles. The third kappa shape index (κ3) is 4.00.